The second-order valence-corrected chi connectivity index (χ2v) is 7.44. The van der Waals surface area contributed by atoms with E-state index in [-0.39, 0.29) is 5.97 Å². The zero-order valence-corrected chi connectivity index (χ0v) is 14.6. The first-order valence-electron chi connectivity index (χ1n) is 7.51. The molecule has 4 rings (SSSR count). The molecule has 0 saturated heterocycles. The van der Waals surface area contributed by atoms with Gasteiger partial charge in [0, 0.05) is 14.8 Å². The molecule has 0 atom stereocenters. The van der Waals surface area contributed by atoms with Crippen LogP contribution in [0.15, 0.2) is 53.9 Å². The molecular formula is C20H14O2S2. The first kappa shape index (κ1) is 15.1. The highest BCUT2D eigenvalue weighted by Gasteiger charge is 2.11. The summed E-state index contributed by atoms with van der Waals surface area (Å²) in [4.78, 5) is 12.4. The van der Waals surface area contributed by atoms with E-state index in [2.05, 4.69) is 47.9 Å². The third-order valence-corrected chi connectivity index (χ3v) is 5.89. The molecule has 4 aromatic rings. The quantitative estimate of drug-likeness (QED) is 0.331. The molecule has 0 unspecified atom stereocenters. The first-order valence-corrected chi connectivity index (χ1v) is 9.20. The van der Waals surface area contributed by atoms with Crippen molar-refractivity contribution in [2.75, 3.05) is 7.11 Å². The Hall–Kier alpha value is -2.43. The number of hydrogen-bond acceptors (Lipinski definition) is 4. The van der Waals surface area contributed by atoms with Crippen LogP contribution in [0, 0.1) is 0 Å². The summed E-state index contributed by atoms with van der Waals surface area (Å²) in [5, 5.41) is 4.46. The van der Waals surface area contributed by atoms with E-state index in [0.29, 0.717) is 4.88 Å². The summed E-state index contributed by atoms with van der Waals surface area (Å²) in [5.74, 6) is -0.283. The Morgan fingerprint density at radius 2 is 1.96 bits per heavy atom. The van der Waals surface area contributed by atoms with E-state index in [9.17, 15) is 4.79 Å². The number of hydrogen-bond donors (Lipinski definition) is 0. The van der Waals surface area contributed by atoms with Crippen LogP contribution in [0.2, 0.25) is 0 Å². The lowest BCUT2D eigenvalue weighted by atomic mass is 10.1. The number of esters is 1. The van der Waals surface area contributed by atoms with Crippen LogP contribution < -0.4 is 0 Å². The Morgan fingerprint density at radius 1 is 1.04 bits per heavy atom. The normalized spacial score (nSPS) is 11.5. The number of benzene rings is 2. The zero-order chi connectivity index (χ0) is 16.5. The second-order valence-electron chi connectivity index (χ2n) is 5.41. The van der Waals surface area contributed by atoms with Gasteiger partial charge in [0.15, 0.2) is 0 Å². The molecule has 0 fully saturated rings. The predicted octanol–water partition coefficient (Wildman–Crippen LogP) is 6.07. The largest absolute Gasteiger partial charge is 0.465 e. The van der Waals surface area contributed by atoms with E-state index in [1.54, 1.807) is 11.3 Å². The van der Waals surface area contributed by atoms with Gasteiger partial charge in [-0.15, -0.1) is 22.7 Å². The van der Waals surface area contributed by atoms with Crippen molar-refractivity contribution in [2.45, 2.75) is 0 Å². The minimum Gasteiger partial charge on any atom is -0.465 e. The lowest BCUT2D eigenvalue weighted by Gasteiger charge is -1.98. The van der Waals surface area contributed by atoms with Gasteiger partial charge in [-0.05, 0) is 52.2 Å². The van der Waals surface area contributed by atoms with Crippen molar-refractivity contribution < 1.29 is 9.53 Å². The number of thiophene rings is 2. The molecule has 0 aliphatic carbocycles. The summed E-state index contributed by atoms with van der Waals surface area (Å²) in [6, 6.07) is 16.6. The van der Waals surface area contributed by atoms with Crippen LogP contribution in [0.25, 0.3) is 32.3 Å². The summed E-state index contributed by atoms with van der Waals surface area (Å²) in [6.45, 7) is 0. The van der Waals surface area contributed by atoms with Crippen LogP contribution in [0.4, 0.5) is 0 Å². The molecule has 0 N–H and O–H groups in total. The van der Waals surface area contributed by atoms with Crippen molar-refractivity contribution in [3.05, 3.63) is 69.9 Å². The molecule has 0 aliphatic rings. The molecule has 2 aromatic carbocycles. The standard InChI is InChI=1S/C20H14O2S2/c1-22-20(21)19-12-16-14(3-2-4-18(16)24-19)7-5-13-6-8-17-15(11-13)9-10-23-17/h2-12H,1H3. The van der Waals surface area contributed by atoms with Gasteiger partial charge < -0.3 is 4.74 Å². The lowest BCUT2D eigenvalue weighted by molar-refractivity contribution is 0.0606. The number of methoxy groups -OCH3 is 1. The first-order chi connectivity index (χ1) is 11.7. The molecule has 0 bridgehead atoms. The van der Waals surface area contributed by atoms with Gasteiger partial charge in [-0.2, -0.15) is 0 Å². The summed E-state index contributed by atoms with van der Waals surface area (Å²) >= 11 is 3.22. The van der Waals surface area contributed by atoms with Crippen molar-refractivity contribution in [3.63, 3.8) is 0 Å². The summed E-state index contributed by atoms with van der Waals surface area (Å²) in [5.41, 5.74) is 2.27. The van der Waals surface area contributed by atoms with Crippen LogP contribution >= 0.6 is 22.7 Å². The molecule has 2 nitrogen and oxygen atoms in total. The van der Waals surface area contributed by atoms with Crippen molar-refractivity contribution in [2.24, 2.45) is 0 Å². The summed E-state index contributed by atoms with van der Waals surface area (Å²) < 4.78 is 7.21. The van der Waals surface area contributed by atoms with Crippen LogP contribution in [0.1, 0.15) is 20.8 Å². The van der Waals surface area contributed by atoms with Gasteiger partial charge in [-0.25, -0.2) is 4.79 Å². The van der Waals surface area contributed by atoms with Gasteiger partial charge in [0.1, 0.15) is 4.88 Å². The molecule has 0 spiro atoms. The SMILES string of the molecule is COC(=O)c1cc2c(C=Cc3ccc4sccc4c3)cccc2s1. The molecule has 118 valence electrons. The van der Waals surface area contributed by atoms with Gasteiger partial charge >= 0.3 is 5.97 Å². The zero-order valence-electron chi connectivity index (χ0n) is 13.0. The maximum atomic E-state index is 11.7. The van der Waals surface area contributed by atoms with Gasteiger partial charge in [-0.1, -0.05) is 30.4 Å². The van der Waals surface area contributed by atoms with E-state index in [0.717, 1.165) is 15.6 Å². The number of rotatable bonds is 3. The minimum atomic E-state index is -0.283. The van der Waals surface area contributed by atoms with E-state index >= 15 is 0 Å². The lowest BCUT2D eigenvalue weighted by Crippen LogP contribution is -1.96. The molecule has 0 radical (unpaired) electrons. The van der Waals surface area contributed by atoms with E-state index in [1.165, 1.54) is 34.1 Å². The van der Waals surface area contributed by atoms with Crippen molar-refractivity contribution in [1.29, 1.82) is 0 Å². The highest BCUT2D eigenvalue weighted by molar-refractivity contribution is 7.20. The highest BCUT2D eigenvalue weighted by Crippen LogP contribution is 2.30. The van der Waals surface area contributed by atoms with Gasteiger partial charge in [0.2, 0.25) is 0 Å². The topological polar surface area (TPSA) is 26.3 Å². The van der Waals surface area contributed by atoms with Crippen molar-refractivity contribution in [3.8, 4) is 0 Å². The molecule has 4 heteroatoms. The number of fused-ring (bicyclic) bond motifs is 2. The van der Waals surface area contributed by atoms with E-state index in [4.69, 9.17) is 4.74 Å². The smallest absolute Gasteiger partial charge is 0.348 e. The molecule has 2 aromatic heterocycles. The Kier molecular flexibility index (Phi) is 3.92. The monoisotopic (exact) mass is 350 g/mol. The van der Waals surface area contributed by atoms with Gasteiger partial charge in [-0.3, -0.25) is 0 Å². The third-order valence-electron chi connectivity index (χ3n) is 3.91. The van der Waals surface area contributed by atoms with Crippen LogP contribution in [0.3, 0.4) is 0 Å². The molecular weight excluding hydrogens is 336 g/mol. The van der Waals surface area contributed by atoms with Gasteiger partial charge in [0.25, 0.3) is 0 Å². The molecule has 0 aliphatic heterocycles. The van der Waals surface area contributed by atoms with Crippen LogP contribution in [0.5, 0.6) is 0 Å². The molecule has 2 heterocycles. The van der Waals surface area contributed by atoms with E-state index < -0.39 is 0 Å². The van der Waals surface area contributed by atoms with Crippen LogP contribution in [-0.2, 0) is 4.74 Å². The fourth-order valence-corrected chi connectivity index (χ4v) is 4.49. The van der Waals surface area contributed by atoms with Crippen molar-refractivity contribution >= 4 is 61.0 Å². The molecule has 0 saturated carbocycles. The average Bonchev–Trinajstić information content (AvgIpc) is 3.25. The molecule has 0 amide bonds. The maximum absolute atomic E-state index is 11.7. The van der Waals surface area contributed by atoms with Crippen LogP contribution in [-0.4, -0.2) is 13.1 Å². The Labute approximate surface area is 147 Å². The number of ether oxygens (including phenoxy) is 1. The highest BCUT2D eigenvalue weighted by atomic mass is 32.1. The van der Waals surface area contributed by atoms with Gasteiger partial charge in [0.05, 0.1) is 7.11 Å². The minimum absolute atomic E-state index is 0.283. The number of carbonyl (C=O) groups is 1. The molecule has 24 heavy (non-hydrogen) atoms. The fraction of sp³-hybridized carbons (Fsp3) is 0.0500. The number of carbonyl (C=O) groups excluding carboxylic acids is 1. The average molecular weight is 350 g/mol. The van der Waals surface area contributed by atoms with Crippen molar-refractivity contribution in [1.82, 2.24) is 0 Å². The fourth-order valence-electron chi connectivity index (χ4n) is 2.70. The summed E-state index contributed by atoms with van der Waals surface area (Å²) in [7, 11) is 1.41. The predicted molar refractivity (Wildman–Crippen MR) is 104 cm³/mol. The Bertz CT molecular complexity index is 1070. The Balaban J connectivity index is 1.72. The third kappa shape index (κ3) is 2.75. The Morgan fingerprint density at radius 3 is 2.83 bits per heavy atom. The second kappa shape index (κ2) is 6.23. The van der Waals surface area contributed by atoms with E-state index in [1.807, 2.05) is 18.2 Å². The summed E-state index contributed by atoms with van der Waals surface area (Å²) in [6.07, 6.45) is 4.21. The maximum Gasteiger partial charge on any atom is 0.348 e.